The van der Waals surface area contributed by atoms with Crippen LogP contribution in [0, 0.1) is 0 Å². The highest BCUT2D eigenvalue weighted by molar-refractivity contribution is 6.31. The second-order valence-electron chi connectivity index (χ2n) is 3.16. The van der Waals surface area contributed by atoms with Crippen LogP contribution in [-0.2, 0) is 0 Å². The Morgan fingerprint density at radius 2 is 1.73 bits per heavy atom. The lowest BCUT2D eigenvalue weighted by atomic mass is 10.4. The van der Waals surface area contributed by atoms with Gasteiger partial charge in [0, 0.05) is 6.54 Å². The molecule has 0 radical (unpaired) electrons. The van der Waals surface area contributed by atoms with Gasteiger partial charge < -0.3 is 9.64 Å². The lowest BCUT2D eigenvalue weighted by Gasteiger charge is -2.09. The molecule has 7 heteroatoms. The first kappa shape index (κ1) is 12.4. The third-order valence-electron chi connectivity index (χ3n) is 1.54. The minimum absolute atomic E-state index is 0.0395. The van der Waals surface area contributed by atoms with Gasteiger partial charge >= 0.3 is 6.01 Å². The van der Waals surface area contributed by atoms with Gasteiger partial charge in [-0.1, -0.05) is 0 Å². The van der Waals surface area contributed by atoms with E-state index < -0.39 is 0 Å². The molecule has 0 saturated heterocycles. The van der Waals surface area contributed by atoms with Gasteiger partial charge in [-0.15, -0.1) is 0 Å². The molecular formula is C8H12Cl2N4O. The lowest BCUT2D eigenvalue weighted by Crippen LogP contribution is -2.16. The fourth-order valence-corrected chi connectivity index (χ4v) is 1.27. The van der Waals surface area contributed by atoms with Gasteiger partial charge in [-0.2, -0.15) is 15.0 Å². The van der Waals surface area contributed by atoms with Crippen molar-refractivity contribution in [2.45, 2.75) is 6.42 Å². The Morgan fingerprint density at radius 3 is 2.27 bits per heavy atom. The molecule has 0 amide bonds. The summed E-state index contributed by atoms with van der Waals surface area (Å²) in [5, 5.41) is 0.0789. The smallest absolute Gasteiger partial charge is 0.322 e. The third-order valence-corrected chi connectivity index (χ3v) is 1.88. The van der Waals surface area contributed by atoms with Crippen LogP contribution in [0.5, 0.6) is 6.01 Å². The fourth-order valence-electron chi connectivity index (χ4n) is 0.918. The van der Waals surface area contributed by atoms with Crippen LogP contribution in [0.3, 0.4) is 0 Å². The first-order valence-electron chi connectivity index (χ1n) is 4.42. The zero-order valence-corrected chi connectivity index (χ0v) is 10.1. The molecule has 0 atom stereocenters. The van der Waals surface area contributed by atoms with E-state index in [0.29, 0.717) is 6.61 Å². The van der Waals surface area contributed by atoms with Crippen LogP contribution in [0.25, 0.3) is 0 Å². The van der Waals surface area contributed by atoms with E-state index >= 15 is 0 Å². The lowest BCUT2D eigenvalue weighted by molar-refractivity contribution is 0.263. The van der Waals surface area contributed by atoms with Crippen LogP contribution in [0.15, 0.2) is 0 Å². The van der Waals surface area contributed by atoms with Crippen LogP contribution in [0.4, 0.5) is 0 Å². The van der Waals surface area contributed by atoms with Gasteiger partial charge in [-0.3, -0.25) is 0 Å². The summed E-state index contributed by atoms with van der Waals surface area (Å²) in [6, 6.07) is 0.166. The molecule has 5 nitrogen and oxygen atoms in total. The summed E-state index contributed by atoms with van der Waals surface area (Å²) in [4.78, 5) is 13.2. The Kier molecular flexibility index (Phi) is 5.01. The second kappa shape index (κ2) is 6.05. The Balaban J connectivity index is 2.37. The van der Waals surface area contributed by atoms with Crippen molar-refractivity contribution in [1.29, 1.82) is 0 Å². The van der Waals surface area contributed by atoms with Crippen molar-refractivity contribution >= 4 is 23.2 Å². The zero-order valence-electron chi connectivity index (χ0n) is 8.57. The van der Waals surface area contributed by atoms with Crippen LogP contribution in [0.2, 0.25) is 10.6 Å². The number of hydrogen-bond acceptors (Lipinski definition) is 5. The van der Waals surface area contributed by atoms with Crippen molar-refractivity contribution in [2.24, 2.45) is 0 Å². The van der Waals surface area contributed by atoms with Gasteiger partial charge in [0.15, 0.2) is 0 Å². The summed E-state index contributed by atoms with van der Waals surface area (Å²) in [6.45, 7) is 1.46. The quantitative estimate of drug-likeness (QED) is 0.742. The van der Waals surface area contributed by atoms with Gasteiger partial charge in [0.05, 0.1) is 6.61 Å². The Labute approximate surface area is 98.4 Å². The molecular weight excluding hydrogens is 239 g/mol. The first-order chi connectivity index (χ1) is 7.08. The molecule has 0 aliphatic carbocycles. The Morgan fingerprint density at radius 1 is 1.13 bits per heavy atom. The normalized spacial score (nSPS) is 10.7. The average molecular weight is 251 g/mol. The molecule has 0 saturated carbocycles. The molecule has 0 bridgehead atoms. The highest BCUT2D eigenvalue weighted by Gasteiger charge is 2.03. The summed E-state index contributed by atoms with van der Waals surface area (Å²) in [5.41, 5.74) is 0. The van der Waals surface area contributed by atoms with E-state index in [4.69, 9.17) is 27.9 Å². The molecule has 1 rings (SSSR count). The predicted molar refractivity (Wildman–Crippen MR) is 58.5 cm³/mol. The van der Waals surface area contributed by atoms with Gasteiger partial charge in [0.25, 0.3) is 0 Å². The maximum Gasteiger partial charge on any atom is 0.322 e. The van der Waals surface area contributed by atoms with Gasteiger partial charge in [-0.25, -0.2) is 0 Å². The number of hydrogen-bond donors (Lipinski definition) is 0. The van der Waals surface area contributed by atoms with Crippen molar-refractivity contribution in [3.05, 3.63) is 10.6 Å². The number of halogens is 2. The zero-order chi connectivity index (χ0) is 11.3. The summed E-state index contributed by atoms with van der Waals surface area (Å²) < 4.78 is 5.26. The van der Waals surface area contributed by atoms with Gasteiger partial charge in [0.1, 0.15) is 0 Å². The third kappa shape index (κ3) is 5.11. The predicted octanol–water partition coefficient (Wildman–Crippen LogP) is 1.51. The minimum Gasteiger partial charge on any atom is -0.463 e. The molecule has 0 aliphatic rings. The maximum absolute atomic E-state index is 5.58. The molecule has 1 heterocycles. The van der Waals surface area contributed by atoms with E-state index in [1.54, 1.807) is 0 Å². The van der Waals surface area contributed by atoms with E-state index in [9.17, 15) is 0 Å². The molecule has 1 aromatic heterocycles. The van der Waals surface area contributed by atoms with Crippen molar-refractivity contribution < 1.29 is 4.74 Å². The number of rotatable bonds is 5. The standard InChI is InChI=1S/C8H12Cl2N4O/c1-14(2)4-3-5-15-8-12-6(9)11-7(10)13-8/h3-5H2,1-2H3. The van der Waals surface area contributed by atoms with Crippen molar-refractivity contribution in [2.75, 3.05) is 27.2 Å². The maximum atomic E-state index is 5.58. The molecule has 15 heavy (non-hydrogen) atoms. The van der Waals surface area contributed by atoms with Crippen LogP contribution >= 0.6 is 23.2 Å². The van der Waals surface area contributed by atoms with Crippen molar-refractivity contribution in [1.82, 2.24) is 19.9 Å². The summed E-state index contributed by atoms with van der Waals surface area (Å²) in [5.74, 6) is 0. The van der Waals surface area contributed by atoms with E-state index in [1.807, 2.05) is 14.1 Å². The molecule has 0 spiro atoms. The Bertz CT molecular complexity index is 301. The molecule has 84 valence electrons. The molecule has 0 aromatic carbocycles. The van der Waals surface area contributed by atoms with Crippen molar-refractivity contribution in [3.8, 4) is 6.01 Å². The van der Waals surface area contributed by atoms with Crippen LogP contribution < -0.4 is 4.74 Å². The van der Waals surface area contributed by atoms with E-state index in [2.05, 4.69) is 19.9 Å². The van der Waals surface area contributed by atoms with Gasteiger partial charge in [0.2, 0.25) is 10.6 Å². The second-order valence-corrected chi connectivity index (χ2v) is 3.84. The average Bonchev–Trinajstić information content (AvgIpc) is 2.10. The fraction of sp³-hybridized carbons (Fsp3) is 0.625. The molecule has 0 unspecified atom stereocenters. The molecule has 0 fully saturated rings. The minimum atomic E-state index is 0.0395. The SMILES string of the molecule is CN(C)CCCOc1nc(Cl)nc(Cl)n1. The number of aromatic nitrogens is 3. The highest BCUT2D eigenvalue weighted by Crippen LogP contribution is 2.11. The summed E-state index contributed by atoms with van der Waals surface area (Å²) >= 11 is 11.2. The molecule has 0 N–H and O–H groups in total. The van der Waals surface area contributed by atoms with Crippen molar-refractivity contribution in [3.63, 3.8) is 0 Å². The molecule has 1 aromatic rings. The van der Waals surface area contributed by atoms with Crippen LogP contribution in [0.1, 0.15) is 6.42 Å². The van der Waals surface area contributed by atoms with Gasteiger partial charge in [-0.05, 0) is 43.7 Å². The largest absolute Gasteiger partial charge is 0.463 e. The highest BCUT2D eigenvalue weighted by atomic mass is 35.5. The number of ether oxygens (including phenoxy) is 1. The number of nitrogens with zero attached hydrogens (tertiary/aromatic N) is 4. The first-order valence-corrected chi connectivity index (χ1v) is 5.18. The molecule has 0 aliphatic heterocycles. The monoisotopic (exact) mass is 250 g/mol. The van der Waals surface area contributed by atoms with E-state index in [0.717, 1.165) is 13.0 Å². The summed E-state index contributed by atoms with van der Waals surface area (Å²) in [7, 11) is 3.99. The summed E-state index contributed by atoms with van der Waals surface area (Å²) in [6.07, 6.45) is 0.883. The topological polar surface area (TPSA) is 51.1 Å². The van der Waals surface area contributed by atoms with Crippen LogP contribution in [-0.4, -0.2) is 47.1 Å². The Hall–Kier alpha value is -0.650. The van der Waals surface area contributed by atoms with E-state index in [1.165, 1.54) is 0 Å². The van der Waals surface area contributed by atoms with E-state index in [-0.39, 0.29) is 16.6 Å².